The van der Waals surface area contributed by atoms with Crippen molar-refractivity contribution in [2.75, 3.05) is 0 Å². The summed E-state index contributed by atoms with van der Waals surface area (Å²) in [5.74, 6) is -0.192. The third kappa shape index (κ3) is 2.86. The Bertz CT molecular complexity index is 821. The van der Waals surface area contributed by atoms with Crippen LogP contribution in [0.5, 0.6) is 0 Å². The molecule has 8 heteroatoms. The molecule has 0 spiro atoms. The largest absolute Gasteiger partial charge is 0.369 e. The van der Waals surface area contributed by atoms with E-state index in [0.717, 1.165) is 9.15 Å². The first-order chi connectivity index (χ1) is 10.1. The van der Waals surface area contributed by atoms with Crippen LogP contribution >= 0.6 is 27.3 Å². The van der Waals surface area contributed by atoms with Crippen molar-refractivity contribution in [2.45, 2.75) is 6.54 Å². The number of rotatable bonds is 4. The van der Waals surface area contributed by atoms with Crippen molar-refractivity contribution in [3.05, 3.63) is 62.3 Å². The maximum atomic E-state index is 12.1. The minimum absolute atomic E-state index is 0.133. The number of carbonyl (C=O) groups is 1. The summed E-state index contributed by atoms with van der Waals surface area (Å²) in [5, 5.41) is 10.0. The van der Waals surface area contributed by atoms with Crippen LogP contribution in [0.15, 0.2) is 51.0 Å². The number of hydrogen-bond donors (Lipinski definition) is 0. The van der Waals surface area contributed by atoms with Crippen LogP contribution in [0.3, 0.4) is 0 Å². The monoisotopic (exact) mass is 364 g/mol. The molecule has 0 N–H and O–H groups in total. The van der Waals surface area contributed by atoms with Crippen molar-refractivity contribution in [3.8, 4) is 5.00 Å². The van der Waals surface area contributed by atoms with Gasteiger partial charge >= 0.3 is 5.69 Å². The number of thiophene rings is 1. The second kappa shape index (κ2) is 5.74. The number of aromatic nitrogens is 4. The first kappa shape index (κ1) is 13.9. The third-order valence-electron chi connectivity index (χ3n) is 2.81. The highest BCUT2D eigenvalue weighted by Crippen LogP contribution is 2.12. The van der Waals surface area contributed by atoms with E-state index in [1.165, 1.54) is 16.0 Å². The second-order valence-corrected chi connectivity index (χ2v) is 6.05. The van der Waals surface area contributed by atoms with Crippen LogP contribution in [0.2, 0.25) is 0 Å². The fraction of sp³-hybridized carbons (Fsp3) is 0.0769. The maximum absolute atomic E-state index is 12.1. The van der Waals surface area contributed by atoms with Gasteiger partial charge in [0.2, 0.25) is 0 Å². The standard InChI is InChI=1S/C13H9BrN4O2S/c14-10-5-3-9(4-6-10)11(19)8-17-13(20)18(16-15-17)12-2-1-7-21-12/h1-7H,8H2. The molecule has 0 aliphatic rings. The van der Waals surface area contributed by atoms with Gasteiger partial charge in [-0.05, 0) is 40.1 Å². The van der Waals surface area contributed by atoms with Crippen LogP contribution in [0.1, 0.15) is 10.4 Å². The number of ketones is 1. The normalized spacial score (nSPS) is 10.7. The molecule has 3 aromatic rings. The highest BCUT2D eigenvalue weighted by atomic mass is 79.9. The molecular weight excluding hydrogens is 356 g/mol. The molecular formula is C13H9BrN4O2S. The molecule has 0 aliphatic heterocycles. The van der Waals surface area contributed by atoms with Gasteiger partial charge in [-0.3, -0.25) is 4.79 Å². The fourth-order valence-electron chi connectivity index (χ4n) is 1.77. The molecule has 21 heavy (non-hydrogen) atoms. The number of Topliss-reactive ketones (excluding diaryl/α,β-unsaturated/α-hetero) is 1. The Balaban J connectivity index is 1.84. The molecule has 106 valence electrons. The zero-order valence-electron chi connectivity index (χ0n) is 10.6. The molecule has 2 aromatic heterocycles. The molecule has 0 amide bonds. The predicted octanol–water partition coefficient (Wildman–Crippen LogP) is 2.14. The smallest absolute Gasteiger partial charge is 0.292 e. The van der Waals surface area contributed by atoms with Gasteiger partial charge in [-0.1, -0.05) is 28.1 Å². The molecule has 3 rings (SSSR count). The lowest BCUT2D eigenvalue weighted by atomic mass is 10.1. The first-order valence-electron chi connectivity index (χ1n) is 6.00. The Kier molecular flexibility index (Phi) is 3.80. The first-order valence-corrected chi connectivity index (χ1v) is 7.68. The van der Waals surface area contributed by atoms with Crippen LogP contribution in [-0.2, 0) is 6.54 Å². The minimum atomic E-state index is -0.428. The van der Waals surface area contributed by atoms with Gasteiger partial charge < -0.3 is 0 Å². The van der Waals surface area contributed by atoms with Crippen molar-refractivity contribution < 1.29 is 4.79 Å². The van der Waals surface area contributed by atoms with Gasteiger partial charge in [0.15, 0.2) is 5.78 Å². The summed E-state index contributed by atoms with van der Waals surface area (Å²) in [5.41, 5.74) is 0.0960. The highest BCUT2D eigenvalue weighted by Gasteiger charge is 2.13. The van der Waals surface area contributed by atoms with E-state index < -0.39 is 5.69 Å². The number of benzene rings is 1. The second-order valence-electron chi connectivity index (χ2n) is 4.21. The summed E-state index contributed by atoms with van der Waals surface area (Å²) in [6, 6.07) is 10.5. The summed E-state index contributed by atoms with van der Waals surface area (Å²) in [6.07, 6.45) is 0. The van der Waals surface area contributed by atoms with E-state index in [1.807, 2.05) is 11.4 Å². The van der Waals surface area contributed by atoms with Crippen LogP contribution in [-0.4, -0.2) is 25.6 Å². The van der Waals surface area contributed by atoms with Crippen molar-refractivity contribution in [2.24, 2.45) is 0 Å². The summed E-state index contributed by atoms with van der Waals surface area (Å²) < 4.78 is 3.13. The number of hydrogen-bond acceptors (Lipinski definition) is 5. The molecule has 6 nitrogen and oxygen atoms in total. The summed E-state index contributed by atoms with van der Waals surface area (Å²) >= 11 is 4.68. The number of halogens is 1. The van der Waals surface area contributed by atoms with Crippen molar-refractivity contribution in [1.29, 1.82) is 0 Å². The summed E-state index contributed by atoms with van der Waals surface area (Å²) in [4.78, 5) is 24.3. The Morgan fingerprint density at radius 2 is 1.95 bits per heavy atom. The molecule has 0 aliphatic carbocycles. The lowest BCUT2D eigenvalue weighted by Gasteiger charge is -1.99. The zero-order valence-corrected chi connectivity index (χ0v) is 13.0. The van der Waals surface area contributed by atoms with Crippen LogP contribution in [0.25, 0.3) is 5.00 Å². The molecule has 0 saturated heterocycles. The van der Waals surface area contributed by atoms with Gasteiger partial charge in [0.25, 0.3) is 0 Å². The van der Waals surface area contributed by atoms with Gasteiger partial charge in [0.05, 0.1) is 0 Å². The molecule has 0 radical (unpaired) electrons. The van der Waals surface area contributed by atoms with Gasteiger partial charge in [-0.25, -0.2) is 4.79 Å². The Hall–Kier alpha value is -2.06. The maximum Gasteiger partial charge on any atom is 0.369 e. The zero-order chi connectivity index (χ0) is 14.8. The Labute approximate surface area is 131 Å². The van der Waals surface area contributed by atoms with Gasteiger partial charge in [0, 0.05) is 10.0 Å². The average molecular weight is 365 g/mol. The number of tetrazole rings is 1. The quantitative estimate of drug-likeness (QED) is 0.665. The summed E-state index contributed by atoms with van der Waals surface area (Å²) in [7, 11) is 0. The van der Waals surface area contributed by atoms with Crippen molar-refractivity contribution >= 4 is 33.0 Å². The molecule has 0 atom stereocenters. The van der Waals surface area contributed by atoms with Crippen molar-refractivity contribution in [3.63, 3.8) is 0 Å². The van der Waals surface area contributed by atoms with Crippen LogP contribution in [0.4, 0.5) is 0 Å². The van der Waals surface area contributed by atoms with Gasteiger partial charge in [-0.15, -0.1) is 11.3 Å². The van der Waals surface area contributed by atoms with E-state index in [4.69, 9.17) is 0 Å². The highest BCUT2D eigenvalue weighted by molar-refractivity contribution is 9.10. The van der Waals surface area contributed by atoms with E-state index in [9.17, 15) is 9.59 Å². The predicted molar refractivity (Wildman–Crippen MR) is 82.0 cm³/mol. The minimum Gasteiger partial charge on any atom is -0.292 e. The fourth-order valence-corrected chi connectivity index (χ4v) is 2.70. The van der Waals surface area contributed by atoms with Gasteiger partial charge in [-0.2, -0.15) is 9.36 Å². The topological polar surface area (TPSA) is 69.8 Å². The van der Waals surface area contributed by atoms with E-state index in [0.29, 0.717) is 10.6 Å². The van der Waals surface area contributed by atoms with E-state index >= 15 is 0 Å². The SMILES string of the molecule is O=C(Cn1nnn(-c2cccs2)c1=O)c1ccc(Br)cc1. The Morgan fingerprint density at radius 1 is 1.19 bits per heavy atom. The molecule has 1 aromatic carbocycles. The molecule has 0 fully saturated rings. The average Bonchev–Trinajstić information content (AvgIpc) is 3.10. The van der Waals surface area contributed by atoms with Crippen LogP contribution < -0.4 is 5.69 Å². The van der Waals surface area contributed by atoms with E-state index in [2.05, 4.69) is 26.4 Å². The van der Waals surface area contributed by atoms with E-state index in [1.54, 1.807) is 30.3 Å². The Morgan fingerprint density at radius 3 is 2.62 bits per heavy atom. The number of nitrogens with zero attached hydrogens (tertiary/aromatic N) is 4. The third-order valence-corrected chi connectivity index (χ3v) is 4.19. The lowest BCUT2D eigenvalue weighted by Crippen LogP contribution is -2.27. The van der Waals surface area contributed by atoms with E-state index in [-0.39, 0.29) is 12.3 Å². The number of carbonyl (C=O) groups excluding carboxylic acids is 1. The summed E-state index contributed by atoms with van der Waals surface area (Å²) in [6.45, 7) is -0.133. The molecule has 0 saturated carbocycles. The molecule has 0 bridgehead atoms. The van der Waals surface area contributed by atoms with Gasteiger partial charge in [0.1, 0.15) is 11.5 Å². The molecule has 2 heterocycles. The lowest BCUT2D eigenvalue weighted by molar-refractivity contribution is 0.0965. The molecule has 0 unspecified atom stereocenters. The van der Waals surface area contributed by atoms with Crippen molar-refractivity contribution in [1.82, 2.24) is 19.8 Å². The van der Waals surface area contributed by atoms with Crippen LogP contribution in [0, 0.1) is 0 Å².